The zero-order valence-electron chi connectivity index (χ0n) is 20.5. The number of esters is 2. The van der Waals surface area contributed by atoms with Crippen molar-refractivity contribution in [1.82, 2.24) is 10.6 Å². The van der Waals surface area contributed by atoms with E-state index in [4.69, 9.17) is 18.9 Å². The molecule has 0 bridgehead atoms. The van der Waals surface area contributed by atoms with Gasteiger partial charge in [0.05, 0.1) is 13.2 Å². The molecule has 2 atom stereocenters. The monoisotopic (exact) mass is 480 g/mol. The predicted molar refractivity (Wildman–Crippen MR) is 124 cm³/mol. The molecule has 190 valence electrons. The molecule has 2 amide bonds. The fourth-order valence-corrected chi connectivity index (χ4v) is 2.04. The third kappa shape index (κ3) is 17.2. The van der Waals surface area contributed by atoms with Crippen molar-refractivity contribution in [1.29, 1.82) is 0 Å². The second kappa shape index (κ2) is 20.2. The number of hydrogen-bond donors (Lipinski definition) is 2. The summed E-state index contributed by atoms with van der Waals surface area (Å²) in [6, 6.07) is -1.60. The summed E-state index contributed by atoms with van der Waals surface area (Å²) in [7, 11) is 0. The highest BCUT2D eigenvalue weighted by Gasteiger charge is 2.18. The van der Waals surface area contributed by atoms with Crippen LogP contribution in [0.15, 0.2) is 0 Å². The number of hydrogen-bond acceptors (Lipinski definition) is 8. The second-order valence-electron chi connectivity index (χ2n) is 7.15. The summed E-state index contributed by atoms with van der Waals surface area (Å²) >= 11 is 0. The molecule has 0 rings (SSSR count). The molecule has 0 aromatic carbocycles. The molecule has 10 nitrogen and oxygen atoms in total. The molecule has 0 aliphatic heterocycles. The van der Waals surface area contributed by atoms with E-state index < -0.39 is 36.2 Å². The number of unbranched alkanes of at least 4 members (excludes halogenated alkanes) is 2. The standard InChI is InChI=1S/C24H36N2O8/c1-5-7-15-31-21(27)19(3)25-23(29)33-17-13-11-9-10-12-14-18-34-24(30)26-20(4)22(28)32-16-8-6-2/h19-20H,5-8,13-18H2,1-4H3,(H,25,29)(H,26,30)/t19-,20-/m0/s1. The highest BCUT2D eigenvalue weighted by atomic mass is 16.6. The lowest BCUT2D eigenvalue weighted by atomic mass is 10.3. The molecule has 0 saturated carbocycles. The minimum atomic E-state index is -0.798. The van der Waals surface area contributed by atoms with E-state index in [2.05, 4.69) is 34.3 Å². The number of ether oxygens (including phenoxy) is 4. The first-order chi connectivity index (χ1) is 16.3. The molecule has 0 aromatic rings. The largest absolute Gasteiger partial charge is 0.464 e. The first-order valence-corrected chi connectivity index (χ1v) is 11.5. The van der Waals surface area contributed by atoms with Crippen LogP contribution in [0.5, 0.6) is 0 Å². The highest BCUT2D eigenvalue weighted by molar-refractivity contribution is 5.81. The van der Waals surface area contributed by atoms with Crippen molar-refractivity contribution in [3.63, 3.8) is 0 Å². The van der Waals surface area contributed by atoms with E-state index in [0.717, 1.165) is 25.7 Å². The van der Waals surface area contributed by atoms with Gasteiger partial charge in [0, 0.05) is 12.8 Å². The molecule has 0 saturated heterocycles. The maximum Gasteiger partial charge on any atom is 0.407 e. The van der Waals surface area contributed by atoms with Crippen LogP contribution >= 0.6 is 0 Å². The summed E-state index contributed by atoms with van der Waals surface area (Å²) in [6.07, 6.45) is 2.42. The number of alkyl carbamates (subject to hydrolysis) is 2. The summed E-state index contributed by atoms with van der Waals surface area (Å²) in [5.74, 6) is 9.60. The third-order valence-corrected chi connectivity index (χ3v) is 4.02. The van der Waals surface area contributed by atoms with Gasteiger partial charge in [-0.1, -0.05) is 38.5 Å². The minimum absolute atomic E-state index is 0.0421. The van der Waals surface area contributed by atoms with Crippen molar-refractivity contribution in [2.24, 2.45) is 0 Å². The van der Waals surface area contributed by atoms with E-state index in [1.54, 1.807) is 0 Å². The highest BCUT2D eigenvalue weighted by Crippen LogP contribution is 1.95. The Hall–Kier alpha value is -3.40. The topological polar surface area (TPSA) is 129 Å². The Labute approximate surface area is 201 Å². The number of amides is 2. The second-order valence-corrected chi connectivity index (χ2v) is 7.15. The van der Waals surface area contributed by atoms with Crippen LogP contribution in [0.3, 0.4) is 0 Å². The van der Waals surface area contributed by atoms with Crippen LogP contribution in [0, 0.1) is 23.7 Å². The van der Waals surface area contributed by atoms with Crippen molar-refractivity contribution >= 4 is 24.1 Å². The molecule has 0 fully saturated rings. The molecule has 34 heavy (non-hydrogen) atoms. The lowest BCUT2D eigenvalue weighted by Gasteiger charge is -2.12. The van der Waals surface area contributed by atoms with Gasteiger partial charge in [-0.3, -0.25) is 0 Å². The Balaban J connectivity index is 3.91. The number of rotatable bonds is 14. The quantitative estimate of drug-likeness (QED) is 0.168. The Morgan fingerprint density at radius 3 is 1.38 bits per heavy atom. The number of carbonyl (C=O) groups is 4. The van der Waals surface area contributed by atoms with Gasteiger partial charge in [0.15, 0.2) is 0 Å². The van der Waals surface area contributed by atoms with Crippen LogP contribution < -0.4 is 10.6 Å². The average molecular weight is 481 g/mol. The molecule has 0 radical (unpaired) electrons. The van der Waals surface area contributed by atoms with E-state index in [1.165, 1.54) is 13.8 Å². The van der Waals surface area contributed by atoms with E-state index >= 15 is 0 Å². The van der Waals surface area contributed by atoms with E-state index in [9.17, 15) is 19.2 Å². The summed E-state index contributed by atoms with van der Waals surface area (Å²) in [5, 5.41) is 4.77. The van der Waals surface area contributed by atoms with Crippen LogP contribution in [0.25, 0.3) is 0 Å². The summed E-state index contributed by atoms with van der Waals surface area (Å²) in [5.41, 5.74) is 0. The zero-order valence-corrected chi connectivity index (χ0v) is 20.5. The minimum Gasteiger partial charge on any atom is -0.464 e. The summed E-state index contributed by atoms with van der Waals surface area (Å²) in [6.45, 7) is 7.72. The van der Waals surface area contributed by atoms with Gasteiger partial charge in [-0.15, -0.1) is 0 Å². The molecule has 0 aromatic heterocycles. The van der Waals surface area contributed by atoms with Crippen LogP contribution in [0.2, 0.25) is 0 Å². The normalized spacial score (nSPS) is 11.3. The van der Waals surface area contributed by atoms with Crippen LogP contribution in [-0.2, 0) is 28.5 Å². The molecule has 0 heterocycles. The van der Waals surface area contributed by atoms with Gasteiger partial charge < -0.3 is 29.6 Å². The number of carbonyl (C=O) groups excluding carboxylic acids is 4. The first-order valence-electron chi connectivity index (χ1n) is 11.5. The Morgan fingerprint density at radius 2 is 1.03 bits per heavy atom. The zero-order chi connectivity index (χ0) is 25.6. The maximum atomic E-state index is 11.7. The Kier molecular flexibility index (Phi) is 18.2. The molecule has 10 heteroatoms. The molecular weight excluding hydrogens is 444 g/mol. The van der Waals surface area contributed by atoms with Gasteiger partial charge >= 0.3 is 24.1 Å². The van der Waals surface area contributed by atoms with E-state index in [-0.39, 0.29) is 26.1 Å². The van der Waals surface area contributed by atoms with Crippen molar-refractivity contribution in [2.75, 3.05) is 26.4 Å². The molecule has 0 spiro atoms. The van der Waals surface area contributed by atoms with Gasteiger partial charge in [0.2, 0.25) is 0 Å². The van der Waals surface area contributed by atoms with E-state index in [0.29, 0.717) is 13.2 Å². The van der Waals surface area contributed by atoms with Crippen molar-refractivity contribution < 1.29 is 38.1 Å². The van der Waals surface area contributed by atoms with Crippen LogP contribution in [0.4, 0.5) is 9.59 Å². The lowest BCUT2D eigenvalue weighted by Crippen LogP contribution is -2.40. The van der Waals surface area contributed by atoms with Crippen LogP contribution in [0.1, 0.15) is 66.2 Å². The molecule has 2 N–H and O–H groups in total. The third-order valence-electron chi connectivity index (χ3n) is 4.02. The smallest absolute Gasteiger partial charge is 0.407 e. The molecular formula is C24H36N2O8. The van der Waals surface area contributed by atoms with Crippen LogP contribution in [-0.4, -0.2) is 62.6 Å². The van der Waals surface area contributed by atoms with Gasteiger partial charge in [-0.05, 0) is 38.5 Å². The van der Waals surface area contributed by atoms with E-state index in [1.807, 2.05) is 13.8 Å². The Morgan fingerprint density at radius 1 is 0.647 bits per heavy atom. The molecule has 0 aliphatic carbocycles. The van der Waals surface area contributed by atoms with Crippen molar-refractivity contribution in [3.8, 4) is 23.7 Å². The van der Waals surface area contributed by atoms with Crippen molar-refractivity contribution in [2.45, 2.75) is 78.3 Å². The fourth-order valence-electron chi connectivity index (χ4n) is 2.04. The maximum absolute atomic E-state index is 11.7. The number of nitrogens with one attached hydrogen (secondary N) is 2. The SMILES string of the molecule is CCCCOC(=O)[C@H](C)NC(=O)OCCC#CC#CCCOC(=O)N[C@@H](C)C(=O)OCCCC. The Bertz CT molecular complexity index is 696. The van der Waals surface area contributed by atoms with Gasteiger partial charge in [-0.25, -0.2) is 19.2 Å². The van der Waals surface area contributed by atoms with Gasteiger partial charge in [-0.2, -0.15) is 0 Å². The van der Waals surface area contributed by atoms with Crippen molar-refractivity contribution in [3.05, 3.63) is 0 Å². The first kappa shape index (κ1) is 30.6. The molecule has 0 unspecified atom stereocenters. The predicted octanol–water partition coefficient (Wildman–Crippen LogP) is 2.69. The van der Waals surface area contributed by atoms with Gasteiger partial charge in [0.25, 0.3) is 0 Å². The fraction of sp³-hybridized carbons (Fsp3) is 0.667. The average Bonchev–Trinajstić information content (AvgIpc) is 2.80. The lowest BCUT2D eigenvalue weighted by molar-refractivity contribution is -0.146. The van der Waals surface area contributed by atoms with Gasteiger partial charge in [0.1, 0.15) is 25.3 Å². The molecule has 0 aliphatic rings. The summed E-state index contributed by atoms with van der Waals surface area (Å²) in [4.78, 5) is 46.6. The summed E-state index contributed by atoms with van der Waals surface area (Å²) < 4.78 is 19.9.